The van der Waals surface area contributed by atoms with Crippen molar-refractivity contribution in [3.63, 3.8) is 0 Å². The van der Waals surface area contributed by atoms with Gasteiger partial charge in [-0.15, -0.1) is 0 Å². The van der Waals surface area contributed by atoms with Crippen LogP contribution in [0.25, 0.3) is 0 Å². The van der Waals surface area contributed by atoms with Crippen LogP contribution in [0.1, 0.15) is 42.3 Å². The van der Waals surface area contributed by atoms with Crippen molar-refractivity contribution in [3.05, 3.63) is 89.7 Å². The second kappa shape index (κ2) is 8.77. The number of hydrogen-bond acceptors (Lipinski definition) is 4. The Morgan fingerprint density at radius 1 is 0.967 bits per heavy atom. The Kier molecular flexibility index (Phi) is 6.34. The highest BCUT2D eigenvalue weighted by Crippen LogP contribution is 2.23. The van der Waals surface area contributed by atoms with E-state index >= 15 is 0 Å². The van der Waals surface area contributed by atoms with Crippen molar-refractivity contribution in [1.29, 1.82) is 0 Å². The van der Waals surface area contributed by atoms with Crippen molar-refractivity contribution in [2.45, 2.75) is 37.6 Å². The highest BCUT2D eigenvalue weighted by atomic mass is 32.2. The van der Waals surface area contributed by atoms with Gasteiger partial charge in [0.25, 0.3) is 5.91 Å². The van der Waals surface area contributed by atoms with Gasteiger partial charge in [0.05, 0.1) is 16.8 Å². The highest BCUT2D eigenvalue weighted by molar-refractivity contribution is 7.89. The monoisotopic (exact) mass is 423 g/mol. The number of amides is 1. The van der Waals surface area contributed by atoms with Gasteiger partial charge in [0.1, 0.15) is 0 Å². The number of nitrogens with zero attached hydrogens (tertiary/aromatic N) is 1. The van der Waals surface area contributed by atoms with E-state index in [0.29, 0.717) is 16.8 Å². The molecule has 30 heavy (non-hydrogen) atoms. The summed E-state index contributed by atoms with van der Waals surface area (Å²) in [5.74, 6) is -0.287. The van der Waals surface area contributed by atoms with Crippen LogP contribution in [0, 0.1) is 0 Å². The van der Waals surface area contributed by atoms with Crippen molar-refractivity contribution in [1.82, 2.24) is 9.71 Å². The Bertz CT molecular complexity index is 1120. The molecule has 7 heteroatoms. The van der Waals surface area contributed by atoms with E-state index in [4.69, 9.17) is 0 Å². The summed E-state index contributed by atoms with van der Waals surface area (Å²) in [5.41, 5.74) is 2.58. The zero-order valence-electron chi connectivity index (χ0n) is 17.2. The minimum atomic E-state index is -3.70. The Balaban J connectivity index is 1.73. The largest absolute Gasteiger partial charge is 0.320 e. The van der Waals surface area contributed by atoms with Crippen LogP contribution in [-0.4, -0.2) is 19.3 Å². The first-order valence-corrected chi connectivity index (χ1v) is 11.0. The van der Waals surface area contributed by atoms with Crippen LogP contribution in [0.4, 0.5) is 5.69 Å². The van der Waals surface area contributed by atoms with Crippen LogP contribution in [0.3, 0.4) is 0 Å². The molecule has 0 atom stereocenters. The maximum absolute atomic E-state index is 12.7. The molecule has 0 radical (unpaired) electrons. The molecule has 0 aliphatic carbocycles. The number of sulfonamides is 1. The number of pyridine rings is 1. The first-order chi connectivity index (χ1) is 14.2. The summed E-state index contributed by atoms with van der Waals surface area (Å²) >= 11 is 0. The summed E-state index contributed by atoms with van der Waals surface area (Å²) < 4.78 is 28.0. The molecule has 1 heterocycles. The molecule has 1 aromatic heterocycles. The van der Waals surface area contributed by atoms with Crippen molar-refractivity contribution in [2.24, 2.45) is 0 Å². The highest BCUT2D eigenvalue weighted by Gasteiger charge is 2.18. The van der Waals surface area contributed by atoms with Gasteiger partial charge in [-0.3, -0.25) is 9.78 Å². The molecule has 0 spiro atoms. The second-order valence-electron chi connectivity index (χ2n) is 7.95. The van der Waals surface area contributed by atoms with Gasteiger partial charge in [0, 0.05) is 18.3 Å². The number of carbonyl (C=O) groups is 1. The molecule has 3 rings (SSSR count). The van der Waals surface area contributed by atoms with Gasteiger partial charge < -0.3 is 5.32 Å². The van der Waals surface area contributed by atoms with Crippen LogP contribution < -0.4 is 10.0 Å². The Morgan fingerprint density at radius 3 is 2.27 bits per heavy atom. The molecule has 0 saturated carbocycles. The number of carbonyl (C=O) groups excluding carboxylic acids is 1. The van der Waals surface area contributed by atoms with Crippen LogP contribution in [0.2, 0.25) is 0 Å². The molecule has 3 aromatic rings. The van der Waals surface area contributed by atoms with Gasteiger partial charge in [-0.1, -0.05) is 51.1 Å². The average Bonchev–Trinajstić information content (AvgIpc) is 2.73. The molecule has 0 aliphatic heterocycles. The second-order valence-corrected chi connectivity index (χ2v) is 9.72. The van der Waals surface area contributed by atoms with Crippen LogP contribution in [0.15, 0.2) is 78.0 Å². The SMILES string of the molecule is CC(C)(C)c1ccc(S(=O)(=O)NCc2ccncc2NC(=O)c2ccccc2)cc1. The summed E-state index contributed by atoms with van der Waals surface area (Å²) in [6.07, 6.45) is 3.06. The molecule has 2 N–H and O–H groups in total. The van der Waals surface area contributed by atoms with Gasteiger partial charge in [0.15, 0.2) is 0 Å². The van der Waals surface area contributed by atoms with E-state index in [1.54, 1.807) is 48.7 Å². The van der Waals surface area contributed by atoms with Crippen LogP contribution in [0.5, 0.6) is 0 Å². The summed E-state index contributed by atoms with van der Waals surface area (Å²) in [6.45, 7) is 6.24. The van der Waals surface area contributed by atoms with Crippen LogP contribution in [-0.2, 0) is 22.0 Å². The standard InChI is InChI=1S/C23H25N3O3S/c1-23(2,3)19-9-11-20(12-10-19)30(28,29)25-15-18-13-14-24-16-21(18)26-22(27)17-7-5-4-6-8-17/h4-14,16,25H,15H2,1-3H3,(H,26,27). The summed E-state index contributed by atoms with van der Waals surface area (Å²) in [5, 5.41) is 2.79. The quantitative estimate of drug-likeness (QED) is 0.625. The molecular weight excluding hydrogens is 398 g/mol. The molecule has 0 unspecified atom stereocenters. The molecular formula is C23H25N3O3S. The number of benzene rings is 2. The number of hydrogen-bond donors (Lipinski definition) is 2. The van der Waals surface area contributed by atoms with E-state index in [9.17, 15) is 13.2 Å². The molecule has 0 fully saturated rings. The van der Waals surface area contributed by atoms with E-state index in [1.165, 1.54) is 6.20 Å². The Labute approximate surface area is 177 Å². The molecule has 6 nitrogen and oxygen atoms in total. The maximum Gasteiger partial charge on any atom is 0.255 e. The fourth-order valence-electron chi connectivity index (χ4n) is 2.86. The third-order valence-electron chi connectivity index (χ3n) is 4.68. The summed E-state index contributed by atoms with van der Waals surface area (Å²) in [7, 11) is -3.70. The normalized spacial score (nSPS) is 11.8. The molecule has 0 aliphatic rings. The van der Waals surface area contributed by atoms with Crippen molar-refractivity contribution in [2.75, 3.05) is 5.32 Å². The van der Waals surface area contributed by atoms with E-state index in [-0.39, 0.29) is 22.8 Å². The van der Waals surface area contributed by atoms with Gasteiger partial charge in [-0.2, -0.15) is 0 Å². The van der Waals surface area contributed by atoms with Crippen molar-refractivity contribution in [3.8, 4) is 0 Å². The fraction of sp³-hybridized carbons (Fsp3) is 0.217. The lowest BCUT2D eigenvalue weighted by Crippen LogP contribution is -2.24. The maximum atomic E-state index is 12.7. The van der Waals surface area contributed by atoms with Crippen molar-refractivity contribution >= 4 is 21.6 Å². The van der Waals surface area contributed by atoms with Gasteiger partial charge in [-0.25, -0.2) is 13.1 Å². The van der Waals surface area contributed by atoms with E-state index in [0.717, 1.165) is 5.56 Å². The third-order valence-corrected chi connectivity index (χ3v) is 6.10. The third kappa shape index (κ3) is 5.31. The molecule has 0 bridgehead atoms. The Morgan fingerprint density at radius 2 is 1.63 bits per heavy atom. The number of rotatable bonds is 6. The molecule has 2 aromatic carbocycles. The Hall–Kier alpha value is -3.03. The van der Waals surface area contributed by atoms with Crippen LogP contribution >= 0.6 is 0 Å². The van der Waals surface area contributed by atoms with E-state index < -0.39 is 10.0 Å². The van der Waals surface area contributed by atoms with Gasteiger partial charge >= 0.3 is 0 Å². The number of nitrogens with one attached hydrogen (secondary N) is 2. The zero-order chi connectivity index (χ0) is 21.8. The lowest BCUT2D eigenvalue weighted by atomic mass is 9.87. The van der Waals surface area contributed by atoms with Gasteiger partial charge in [-0.05, 0) is 46.9 Å². The molecule has 156 valence electrons. The lowest BCUT2D eigenvalue weighted by molar-refractivity contribution is 0.102. The van der Waals surface area contributed by atoms with Gasteiger partial charge in [0.2, 0.25) is 10.0 Å². The minimum Gasteiger partial charge on any atom is -0.320 e. The predicted molar refractivity (Wildman–Crippen MR) is 118 cm³/mol. The van der Waals surface area contributed by atoms with Crippen molar-refractivity contribution < 1.29 is 13.2 Å². The minimum absolute atomic E-state index is 0.0241. The first-order valence-electron chi connectivity index (χ1n) is 9.56. The fourth-order valence-corrected chi connectivity index (χ4v) is 3.87. The van der Waals surface area contributed by atoms with E-state index in [2.05, 4.69) is 35.8 Å². The summed E-state index contributed by atoms with van der Waals surface area (Å²) in [6, 6.07) is 17.3. The lowest BCUT2D eigenvalue weighted by Gasteiger charge is -2.19. The smallest absolute Gasteiger partial charge is 0.255 e. The first kappa shape index (κ1) is 21.7. The molecule has 1 amide bonds. The predicted octanol–water partition coefficient (Wildman–Crippen LogP) is 4.11. The topological polar surface area (TPSA) is 88.2 Å². The zero-order valence-corrected chi connectivity index (χ0v) is 18.0. The average molecular weight is 424 g/mol. The molecule has 0 saturated heterocycles. The summed E-state index contributed by atoms with van der Waals surface area (Å²) in [4.78, 5) is 16.7. The van der Waals surface area contributed by atoms with E-state index in [1.807, 2.05) is 18.2 Å². The number of aromatic nitrogens is 1. The number of anilines is 1.